The van der Waals surface area contributed by atoms with E-state index in [9.17, 15) is 0 Å². The molecule has 0 radical (unpaired) electrons. The van der Waals surface area contributed by atoms with E-state index in [1.165, 1.54) is 32.1 Å². The van der Waals surface area contributed by atoms with Crippen LogP contribution in [0.1, 0.15) is 39.0 Å². The highest BCUT2D eigenvalue weighted by Crippen LogP contribution is 2.30. The quantitative estimate of drug-likeness (QED) is 0.535. The van der Waals surface area contributed by atoms with Gasteiger partial charge in [-0.2, -0.15) is 0 Å². The summed E-state index contributed by atoms with van der Waals surface area (Å²) in [4.78, 5) is 3.87. The molecule has 1 rings (SSSR count). The van der Waals surface area contributed by atoms with Gasteiger partial charge in [0.1, 0.15) is 0 Å². The lowest BCUT2D eigenvalue weighted by atomic mass is 9.81. The molecule has 0 aromatic rings. The molecule has 1 aliphatic carbocycles. The highest BCUT2D eigenvalue weighted by Gasteiger charge is 2.18. The Morgan fingerprint density at radius 3 is 2.93 bits per heavy atom. The molecule has 82 valence electrons. The van der Waals surface area contributed by atoms with Crippen LogP contribution in [0.15, 0.2) is 4.99 Å². The third kappa shape index (κ3) is 3.99. The molecular weight excluding hydrogens is 174 g/mol. The lowest BCUT2D eigenvalue weighted by Crippen LogP contribution is -2.33. The van der Waals surface area contributed by atoms with Gasteiger partial charge in [0.05, 0.1) is 0 Å². The minimum atomic E-state index is 0.564. The zero-order valence-corrected chi connectivity index (χ0v) is 9.42. The minimum absolute atomic E-state index is 0.564. The Labute approximate surface area is 87.2 Å². The monoisotopic (exact) mass is 197 g/mol. The maximum atomic E-state index is 5.55. The average Bonchev–Trinajstić information content (AvgIpc) is 2.17. The standard InChI is InChI=1S/C11H23N3/c1-9-4-3-5-10(8-9)6-7-14-11(12)13-2/h9-10H,3-8H2,1-2H3,(H3,12,13,14). The molecule has 0 spiro atoms. The van der Waals surface area contributed by atoms with Gasteiger partial charge in [0, 0.05) is 13.6 Å². The largest absolute Gasteiger partial charge is 0.370 e. The summed E-state index contributed by atoms with van der Waals surface area (Å²) >= 11 is 0. The molecule has 3 heteroatoms. The van der Waals surface area contributed by atoms with E-state index in [0.717, 1.165) is 18.4 Å². The van der Waals surface area contributed by atoms with E-state index in [1.807, 2.05) is 0 Å². The predicted octanol–water partition coefficient (Wildman–Crippen LogP) is 1.74. The molecule has 14 heavy (non-hydrogen) atoms. The highest BCUT2D eigenvalue weighted by atomic mass is 15.1. The summed E-state index contributed by atoms with van der Waals surface area (Å²) in [6, 6.07) is 0. The van der Waals surface area contributed by atoms with Crippen LogP contribution < -0.4 is 11.1 Å². The Morgan fingerprint density at radius 2 is 2.29 bits per heavy atom. The Morgan fingerprint density at radius 1 is 1.50 bits per heavy atom. The van der Waals surface area contributed by atoms with Crippen LogP contribution in [0.25, 0.3) is 0 Å². The SMILES string of the molecule is CN=C(N)NCCC1CCCC(C)C1. The number of hydrogen-bond donors (Lipinski definition) is 2. The lowest BCUT2D eigenvalue weighted by Gasteiger charge is -2.26. The third-order valence-electron chi connectivity index (χ3n) is 3.14. The van der Waals surface area contributed by atoms with E-state index in [4.69, 9.17) is 5.73 Å². The molecule has 0 aliphatic heterocycles. The van der Waals surface area contributed by atoms with Gasteiger partial charge in [0.25, 0.3) is 0 Å². The Kier molecular flexibility index (Phi) is 4.77. The van der Waals surface area contributed by atoms with E-state index >= 15 is 0 Å². The van der Waals surface area contributed by atoms with Crippen molar-refractivity contribution in [1.82, 2.24) is 5.32 Å². The van der Waals surface area contributed by atoms with Crippen molar-refractivity contribution in [3.05, 3.63) is 0 Å². The Bertz CT molecular complexity index is 189. The number of nitrogens with zero attached hydrogens (tertiary/aromatic N) is 1. The first-order chi connectivity index (χ1) is 6.72. The maximum Gasteiger partial charge on any atom is 0.188 e. The van der Waals surface area contributed by atoms with Crippen LogP contribution in [0.5, 0.6) is 0 Å². The Hall–Kier alpha value is -0.730. The number of nitrogens with two attached hydrogens (primary N) is 1. The molecule has 1 aliphatic rings. The second-order valence-electron chi connectivity index (χ2n) is 4.46. The summed E-state index contributed by atoms with van der Waals surface area (Å²) in [6.07, 6.45) is 6.85. The molecule has 0 aromatic carbocycles. The molecule has 0 amide bonds. The molecular formula is C11H23N3. The van der Waals surface area contributed by atoms with Crippen LogP contribution in [0.3, 0.4) is 0 Å². The van der Waals surface area contributed by atoms with Crippen LogP contribution in [0.2, 0.25) is 0 Å². The van der Waals surface area contributed by atoms with Crippen LogP contribution in [-0.4, -0.2) is 19.6 Å². The molecule has 0 saturated heterocycles. The van der Waals surface area contributed by atoms with Crippen molar-refractivity contribution in [1.29, 1.82) is 0 Å². The molecule has 1 fully saturated rings. The van der Waals surface area contributed by atoms with Crippen molar-refractivity contribution < 1.29 is 0 Å². The number of rotatable bonds is 3. The van der Waals surface area contributed by atoms with E-state index in [2.05, 4.69) is 17.2 Å². The summed E-state index contributed by atoms with van der Waals surface area (Å²) in [6.45, 7) is 3.34. The average molecular weight is 197 g/mol. The number of hydrogen-bond acceptors (Lipinski definition) is 1. The fraction of sp³-hybridized carbons (Fsp3) is 0.909. The van der Waals surface area contributed by atoms with Crippen molar-refractivity contribution in [3.8, 4) is 0 Å². The minimum Gasteiger partial charge on any atom is -0.370 e. The molecule has 1 saturated carbocycles. The topological polar surface area (TPSA) is 50.4 Å². The van der Waals surface area contributed by atoms with Gasteiger partial charge in [-0.05, 0) is 24.7 Å². The number of aliphatic imine (C=N–C) groups is 1. The van der Waals surface area contributed by atoms with E-state index < -0.39 is 0 Å². The summed E-state index contributed by atoms with van der Waals surface area (Å²) in [5, 5.41) is 3.12. The van der Waals surface area contributed by atoms with Crippen molar-refractivity contribution in [2.24, 2.45) is 22.6 Å². The zero-order valence-electron chi connectivity index (χ0n) is 9.42. The molecule has 3 N–H and O–H groups in total. The first-order valence-electron chi connectivity index (χ1n) is 5.68. The molecule has 2 unspecified atom stereocenters. The van der Waals surface area contributed by atoms with Gasteiger partial charge in [-0.1, -0.05) is 26.2 Å². The summed E-state index contributed by atoms with van der Waals surface area (Å²) in [5.74, 6) is 2.38. The van der Waals surface area contributed by atoms with Gasteiger partial charge in [0.2, 0.25) is 0 Å². The van der Waals surface area contributed by atoms with E-state index in [0.29, 0.717) is 5.96 Å². The molecule has 0 aromatic heterocycles. The first-order valence-corrected chi connectivity index (χ1v) is 5.68. The van der Waals surface area contributed by atoms with Gasteiger partial charge in [-0.15, -0.1) is 0 Å². The summed E-state index contributed by atoms with van der Waals surface area (Å²) < 4.78 is 0. The fourth-order valence-electron chi connectivity index (χ4n) is 2.31. The lowest BCUT2D eigenvalue weighted by molar-refractivity contribution is 0.270. The van der Waals surface area contributed by atoms with Gasteiger partial charge in [-0.3, -0.25) is 4.99 Å². The van der Waals surface area contributed by atoms with Gasteiger partial charge < -0.3 is 11.1 Å². The number of guanidine groups is 1. The predicted molar refractivity (Wildman–Crippen MR) is 61.3 cm³/mol. The normalized spacial score (nSPS) is 28.9. The van der Waals surface area contributed by atoms with Crippen LogP contribution in [0.4, 0.5) is 0 Å². The summed E-state index contributed by atoms with van der Waals surface area (Å²) in [5.41, 5.74) is 5.55. The van der Waals surface area contributed by atoms with Crippen molar-refractivity contribution >= 4 is 5.96 Å². The van der Waals surface area contributed by atoms with Crippen LogP contribution in [-0.2, 0) is 0 Å². The van der Waals surface area contributed by atoms with Crippen LogP contribution >= 0.6 is 0 Å². The van der Waals surface area contributed by atoms with E-state index in [-0.39, 0.29) is 0 Å². The molecule has 2 atom stereocenters. The molecule has 0 bridgehead atoms. The third-order valence-corrected chi connectivity index (χ3v) is 3.14. The zero-order chi connectivity index (χ0) is 10.4. The van der Waals surface area contributed by atoms with Crippen molar-refractivity contribution in [2.75, 3.05) is 13.6 Å². The van der Waals surface area contributed by atoms with Crippen molar-refractivity contribution in [2.45, 2.75) is 39.0 Å². The second kappa shape index (κ2) is 5.89. The van der Waals surface area contributed by atoms with Crippen molar-refractivity contribution in [3.63, 3.8) is 0 Å². The summed E-state index contributed by atoms with van der Waals surface area (Å²) in [7, 11) is 1.71. The smallest absolute Gasteiger partial charge is 0.188 e. The van der Waals surface area contributed by atoms with Gasteiger partial charge >= 0.3 is 0 Å². The van der Waals surface area contributed by atoms with Gasteiger partial charge in [0.15, 0.2) is 5.96 Å². The molecule has 3 nitrogen and oxygen atoms in total. The number of nitrogens with one attached hydrogen (secondary N) is 1. The first kappa shape index (κ1) is 11.3. The maximum absolute atomic E-state index is 5.55. The molecule has 0 heterocycles. The van der Waals surface area contributed by atoms with Gasteiger partial charge in [-0.25, -0.2) is 0 Å². The van der Waals surface area contributed by atoms with E-state index in [1.54, 1.807) is 7.05 Å². The fourth-order valence-corrected chi connectivity index (χ4v) is 2.31. The van der Waals surface area contributed by atoms with Crippen LogP contribution in [0, 0.1) is 11.8 Å². The Balaban J connectivity index is 2.11. The highest BCUT2D eigenvalue weighted by molar-refractivity contribution is 5.77. The second-order valence-corrected chi connectivity index (χ2v) is 4.46.